The predicted octanol–water partition coefficient (Wildman–Crippen LogP) is 2.48. The number of nitrogens with zero attached hydrogens (tertiary/aromatic N) is 2. The Hall–Kier alpha value is -2.27. The zero-order valence-corrected chi connectivity index (χ0v) is 13.2. The first-order valence-corrected chi connectivity index (χ1v) is 7.37. The smallest absolute Gasteiger partial charge is 0.191 e. The van der Waals surface area contributed by atoms with Gasteiger partial charge in [-0.25, -0.2) is 0 Å². The summed E-state index contributed by atoms with van der Waals surface area (Å²) in [4.78, 5) is 8.16. The van der Waals surface area contributed by atoms with Gasteiger partial charge in [-0.05, 0) is 29.8 Å². The van der Waals surface area contributed by atoms with Crippen molar-refractivity contribution in [1.82, 2.24) is 15.6 Å². The van der Waals surface area contributed by atoms with Gasteiger partial charge >= 0.3 is 0 Å². The molecule has 2 aromatic rings. The molecule has 0 fully saturated rings. The first-order valence-electron chi connectivity index (χ1n) is 7.00. The third-order valence-corrected chi connectivity index (χ3v) is 3.11. The molecule has 5 nitrogen and oxygen atoms in total. The van der Waals surface area contributed by atoms with Crippen LogP contribution in [0.4, 0.5) is 0 Å². The maximum Gasteiger partial charge on any atom is 0.191 e. The Kier molecular flexibility index (Phi) is 6.51. The molecule has 0 aliphatic heterocycles. The Labute approximate surface area is 135 Å². The van der Waals surface area contributed by atoms with E-state index in [0.717, 1.165) is 22.3 Å². The first kappa shape index (κ1) is 16.1. The molecule has 2 rings (SSSR count). The topological polar surface area (TPSA) is 58.5 Å². The number of ether oxygens (including phenoxy) is 1. The van der Waals surface area contributed by atoms with Crippen molar-refractivity contribution in [3.63, 3.8) is 0 Å². The van der Waals surface area contributed by atoms with Crippen LogP contribution in [0.3, 0.4) is 0 Å². The highest BCUT2D eigenvalue weighted by Crippen LogP contribution is 2.10. The zero-order valence-electron chi connectivity index (χ0n) is 12.4. The monoisotopic (exact) mass is 318 g/mol. The summed E-state index contributed by atoms with van der Waals surface area (Å²) in [6, 6.07) is 11.4. The summed E-state index contributed by atoms with van der Waals surface area (Å²) >= 11 is 5.96. The summed E-state index contributed by atoms with van der Waals surface area (Å²) < 4.78 is 5.55. The quantitative estimate of drug-likeness (QED) is 0.488. The summed E-state index contributed by atoms with van der Waals surface area (Å²) in [5.41, 5.74) is 1.10. The average Bonchev–Trinajstić information content (AvgIpc) is 2.55. The maximum atomic E-state index is 5.96. The molecule has 1 aromatic carbocycles. The number of aliphatic imine (C=N–C) groups is 1. The Balaban J connectivity index is 1.69. The summed E-state index contributed by atoms with van der Waals surface area (Å²) in [5, 5.41) is 7.14. The molecule has 0 atom stereocenters. The lowest BCUT2D eigenvalue weighted by atomic mass is 10.2. The molecule has 0 aliphatic carbocycles. The number of halogens is 1. The van der Waals surface area contributed by atoms with Gasteiger partial charge in [0.1, 0.15) is 12.4 Å². The fourth-order valence-corrected chi connectivity index (χ4v) is 2.04. The van der Waals surface area contributed by atoms with Crippen LogP contribution >= 0.6 is 11.6 Å². The first-order chi connectivity index (χ1) is 10.8. The van der Waals surface area contributed by atoms with Gasteiger partial charge in [0.15, 0.2) is 5.96 Å². The normalized spacial score (nSPS) is 11.1. The highest BCUT2D eigenvalue weighted by molar-refractivity contribution is 6.30. The highest BCUT2D eigenvalue weighted by atomic mass is 35.5. The number of pyridine rings is 1. The van der Waals surface area contributed by atoms with E-state index in [-0.39, 0.29) is 0 Å². The van der Waals surface area contributed by atoms with Crippen molar-refractivity contribution in [3.8, 4) is 5.75 Å². The van der Waals surface area contributed by atoms with E-state index in [1.54, 1.807) is 19.4 Å². The van der Waals surface area contributed by atoms with Crippen molar-refractivity contribution in [2.45, 2.75) is 6.54 Å². The number of nitrogens with one attached hydrogen (secondary N) is 2. The molecule has 0 spiro atoms. The lowest BCUT2D eigenvalue weighted by Crippen LogP contribution is -2.38. The SMILES string of the molecule is CN=C(NCCOc1cccnc1)NCc1cccc(Cl)c1. The van der Waals surface area contributed by atoms with E-state index in [1.165, 1.54) is 0 Å². The van der Waals surface area contributed by atoms with E-state index in [2.05, 4.69) is 20.6 Å². The number of hydrogen-bond donors (Lipinski definition) is 2. The molecule has 116 valence electrons. The standard InChI is InChI=1S/C16H19ClN4O/c1-18-16(21-11-13-4-2-5-14(17)10-13)20-8-9-22-15-6-3-7-19-12-15/h2-7,10,12H,8-9,11H2,1H3,(H2,18,20,21). The fraction of sp³-hybridized carbons (Fsp3) is 0.250. The van der Waals surface area contributed by atoms with Crippen molar-refractivity contribution in [2.75, 3.05) is 20.2 Å². The van der Waals surface area contributed by atoms with Gasteiger partial charge in [-0.15, -0.1) is 0 Å². The van der Waals surface area contributed by atoms with Gasteiger partial charge in [-0.1, -0.05) is 23.7 Å². The van der Waals surface area contributed by atoms with Gasteiger partial charge in [-0.2, -0.15) is 0 Å². The van der Waals surface area contributed by atoms with Gasteiger partial charge in [-0.3, -0.25) is 9.98 Å². The van der Waals surface area contributed by atoms with Gasteiger partial charge < -0.3 is 15.4 Å². The van der Waals surface area contributed by atoms with Crippen LogP contribution in [0.2, 0.25) is 5.02 Å². The number of hydrogen-bond acceptors (Lipinski definition) is 3. The molecule has 1 heterocycles. The van der Waals surface area contributed by atoms with Crippen molar-refractivity contribution in [1.29, 1.82) is 0 Å². The summed E-state index contributed by atoms with van der Waals surface area (Å²) in [7, 11) is 1.73. The molecule has 0 bridgehead atoms. The van der Waals surface area contributed by atoms with Crippen molar-refractivity contribution < 1.29 is 4.74 Å². The summed E-state index contributed by atoms with van der Waals surface area (Å²) in [6.07, 6.45) is 3.40. The second kappa shape index (κ2) is 8.89. The zero-order chi connectivity index (χ0) is 15.6. The lowest BCUT2D eigenvalue weighted by Gasteiger charge is -2.12. The van der Waals surface area contributed by atoms with Gasteiger partial charge in [0.05, 0.1) is 12.7 Å². The highest BCUT2D eigenvalue weighted by Gasteiger charge is 1.99. The second-order valence-electron chi connectivity index (χ2n) is 4.52. The minimum atomic E-state index is 0.531. The van der Waals surface area contributed by atoms with Crippen LogP contribution in [0.15, 0.2) is 53.8 Å². The largest absolute Gasteiger partial charge is 0.490 e. The predicted molar refractivity (Wildman–Crippen MR) is 89.4 cm³/mol. The minimum Gasteiger partial charge on any atom is -0.490 e. The van der Waals surface area contributed by atoms with E-state index >= 15 is 0 Å². The van der Waals surface area contributed by atoms with Crippen molar-refractivity contribution in [3.05, 3.63) is 59.4 Å². The Morgan fingerprint density at radius 3 is 2.91 bits per heavy atom. The maximum absolute atomic E-state index is 5.96. The van der Waals surface area contributed by atoms with Crippen LogP contribution in [0.5, 0.6) is 5.75 Å². The Morgan fingerprint density at radius 2 is 2.18 bits per heavy atom. The fourth-order valence-electron chi connectivity index (χ4n) is 1.82. The Morgan fingerprint density at radius 1 is 1.27 bits per heavy atom. The van der Waals surface area contributed by atoms with E-state index in [1.807, 2.05) is 36.4 Å². The number of guanidine groups is 1. The molecular weight excluding hydrogens is 300 g/mol. The molecule has 0 unspecified atom stereocenters. The van der Waals surface area contributed by atoms with E-state index < -0.39 is 0 Å². The van der Waals surface area contributed by atoms with Crippen LogP contribution in [-0.2, 0) is 6.54 Å². The molecule has 2 N–H and O–H groups in total. The van der Waals surface area contributed by atoms with Crippen LogP contribution in [0.1, 0.15) is 5.56 Å². The number of rotatable bonds is 6. The molecule has 0 radical (unpaired) electrons. The van der Waals surface area contributed by atoms with E-state index in [4.69, 9.17) is 16.3 Å². The van der Waals surface area contributed by atoms with E-state index in [9.17, 15) is 0 Å². The molecule has 1 aromatic heterocycles. The van der Waals surface area contributed by atoms with Crippen LogP contribution < -0.4 is 15.4 Å². The molecule has 0 saturated heterocycles. The van der Waals surface area contributed by atoms with Crippen LogP contribution in [0, 0.1) is 0 Å². The summed E-state index contributed by atoms with van der Waals surface area (Å²) in [6.45, 7) is 1.83. The third-order valence-electron chi connectivity index (χ3n) is 2.87. The van der Waals surface area contributed by atoms with E-state index in [0.29, 0.717) is 19.7 Å². The van der Waals surface area contributed by atoms with Crippen molar-refractivity contribution in [2.24, 2.45) is 4.99 Å². The number of benzene rings is 1. The molecule has 6 heteroatoms. The third kappa shape index (κ3) is 5.61. The van der Waals surface area contributed by atoms with Crippen LogP contribution in [-0.4, -0.2) is 31.1 Å². The van der Waals surface area contributed by atoms with Gasteiger partial charge in [0, 0.05) is 24.8 Å². The van der Waals surface area contributed by atoms with Crippen LogP contribution in [0.25, 0.3) is 0 Å². The molecule has 0 saturated carbocycles. The molecule has 22 heavy (non-hydrogen) atoms. The summed E-state index contributed by atoms with van der Waals surface area (Å²) in [5.74, 6) is 1.47. The lowest BCUT2D eigenvalue weighted by molar-refractivity contribution is 0.320. The number of aromatic nitrogens is 1. The molecule has 0 aliphatic rings. The van der Waals surface area contributed by atoms with Crippen molar-refractivity contribution >= 4 is 17.6 Å². The minimum absolute atomic E-state index is 0.531. The molecule has 0 amide bonds. The average molecular weight is 319 g/mol. The molecular formula is C16H19ClN4O. The van der Waals surface area contributed by atoms with Gasteiger partial charge in [0.25, 0.3) is 0 Å². The second-order valence-corrected chi connectivity index (χ2v) is 4.96. The Bertz CT molecular complexity index is 604. The van der Waals surface area contributed by atoms with Gasteiger partial charge in [0.2, 0.25) is 0 Å².